The second-order valence-electron chi connectivity index (χ2n) is 4.68. The number of benzene rings is 2. The smallest absolute Gasteiger partial charge is 0.365 e. The lowest BCUT2D eigenvalue weighted by molar-refractivity contribution is 0.0519. The Labute approximate surface area is 139 Å². The maximum atomic E-state index is 11.8. The molecule has 0 atom stereocenters. The van der Waals surface area contributed by atoms with E-state index in [2.05, 4.69) is 5.16 Å². The minimum atomic E-state index is -0.544. The highest BCUT2D eigenvalue weighted by Gasteiger charge is 2.12. The topological polar surface area (TPSA) is 57.1 Å². The number of nitrogens with zero attached hydrogens (tertiary/aromatic N) is 1. The van der Waals surface area contributed by atoms with Crippen molar-refractivity contribution in [1.29, 1.82) is 0 Å². The summed E-state index contributed by atoms with van der Waals surface area (Å²) in [4.78, 5) is 16.7. The van der Waals surface area contributed by atoms with E-state index in [1.165, 1.54) is 20.4 Å². The SMILES string of the molecule is COc1ccc(/C=N\OC(=O)c2ccc(C)cc2)c(Cl)c1OC. The molecule has 23 heavy (non-hydrogen) atoms. The van der Waals surface area contributed by atoms with Crippen LogP contribution in [-0.4, -0.2) is 26.4 Å². The van der Waals surface area contributed by atoms with Crippen LogP contribution >= 0.6 is 11.6 Å². The van der Waals surface area contributed by atoms with Crippen molar-refractivity contribution < 1.29 is 19.1 Å². The fourth-order valence-electron chi connectivity index (χ4n) is 1.88. The summed E-state index contributed by atoms with van der Waals surface area (Å²) < 4.78 is 10.3. The number of ether oxygens (including phenoxy) is 2. The Morgan fingerprint density at radius 3 is 2.39 bits per heavy atom. The molecule has 0 unspecified atom stereocenters. The Balaban J connectivity index is 2.11. The van der Waals surface area contributed by atoms with Crippen molar-refractivity contribution in [3.8, 4) is 11.5 Å². The van der Waals surface area contributed by atoms with Crippen molar-refractivity contribution in [1.82, 2.24) is 0 Å². The molecule has 0 saturated carbocycles. The number of methoxy groups -OCH3 is 2. The van der Waals surface area contributed by atoms with Gasteiger partial charge in [0.05, 0.1) is 31.0 Å². The van der Waals surface area contributed by atoms with Crippen LogP contribution in [0.25, 0.3) is 0 Å². The number of carbonyl (C=O) groups excluding carboxylic acids is 1. The molecule has 0 heterocycles. The average molecular weight is 334 g/mol. The monoisotopic (exact) mass is 333 g/mol. The Kier molecular flexibility index (Phi) is 5.60. The van der Waals surface area contributed by atoms with Crippen LogP contribution in [0.2, 0.25) is 5.02 Å². The molecular weight excluding hydrogens is 318 g/mol. The summed E-state index contributed by atoms with van der Waals surface area (Å²) in [5.74, 6) is 0.354. The van der Waals surface area contributed by atoms with Crippen LogP contribution < -0.4 is 9.47 Å². The predicted octanol–water partition coefficient (Wildman–Crippen LogP) is 3.86. The van der Waals surface area contributed by atoms with Gasteiger partial charge in [-0.25, -0.2) is 4.79 Å². The maximum Gasteiger partial charge on any atom is 0.365 e. The van der Waals surface area contributed by atoms with Crippen LogP contribution in [0.1, 0.15) is 21.5 Å². The van der Waals surface area contributed by atoms with Crippen LogP contribution in [0.3, 0.4) is 0 Å². The fourth-order valence-corrected chi connectivity index (χ4v) is 2.16. The molecule has 0 aromatic heterocycles. The molecule has 120 valence electrons. The van der Waals surface area contributed by atoms with Crippen molar-refractivity contribution in [2.75, 3.05) is 14.2 Å². The summed E-state index contributed by atoms with van der Waals surface area (Å²) in [7, 11) is 3.01. The molecule has 6 heteroatoms. The van der Waals surface area contributed by atoms with Gasteiger partial charge >= 0.3 is 5.97 Å². The second-order valence-corrected chi connectivity index (χ2v) is 5.06. The van der Waals surface area contributed by atoms with Gasteiger partial charge in [-0.3, -0.25) is 0 Å². The molecule has 2 aromatic carbocycles. The summed E-state index contributed by atoms with van der Waals surface area (Å²) in [6.45, 7) is 1.94. The zero-order valence-corrected chi connectivity index (χ0v) is 13.8. The minimum absolute atomic E-state index is 0.321. The molecule has 0 aliphatic heterocycles. The Hall–Kier alpha value is -2.53. The van der Waals surface area contributed by atoms with Gasteiger partial charge in [0.15, 0.2) is 11.5 Å². The van der Waals surface area contributed by atoms with E-state index in [9.17, 15) is 4.79 Å². The summed E-state index contributed by atoms with van der Waals surface area (Å²) in [5, 5.41) is 4.00. The van der Waals surface area contributed by atoms with Crippen LogP contribution in [0.5, 0.6) is 11.5 Å². The Morgan fingerprint density at radius 1 is 1.09 bits per heavy atom. The van der Waals surface area contributed by atoms with Gasteiger partial charge < -0.3 is 14.3 Å². The Morgan fingerprint density at radius 2 is 1.78 bits per heavy atom. The average Bonchev–Trinajstić information content (AvgIpc) is 2.56. The molecule has 2 aromatic rings. The molecule has 0 aliphatic carbocycles. The molecule has 2 rings (SSSR count). The molecule has 0 amide bonds. The lowest BCUT2D eigenvalue weighted by atomic mass is 10.2. The van der Waals surface area contributed by atoms with Crippen molar-refractivity contribution in [3.63, 3.8) is 0 Å². The second kappa shape index (κ2) is 7.65. The van der Waals surface area contributed by atoms with E-state index < -0.39 is 5.97 Å². The first-order valence-corrected chi connectivity index (χ1v) is 7.16. The lowest BCUT2D eigenvalue weighted by Crippen LogP contribution is -2.01. The van der Waals surface area contributed by atoms with Crippen LogP contribution in [-0.2, 0) is 4.84 Å². The van der Waals surface area contributed by atoms with Crippen molar-refractivity contribution in [2.24, 2.45) is 5.16 Å². The molecule has 0 bridgehead atoms. The molecule has 0 N–H and O–H groups in total. The van der Waals surface area contributed by atoms with Crippen LogP contribution in [0.4, 0.5) is 0 Å². The fraction of sp³-hybridized carbons (Fsp3) is 0.176. The van der Waals surface area contributed by atoms with Crippen LogP contribution in [0.15, 0.2) is 41.6 Å². The van der Waals surface area contributed by atoms with Gasteiger partial charge in [0.2, 0.25) is 0 Å². The molecule has 0 saturated heterocycles. The van der Waals surface area contributed by atoms with Crippen molar-refractivity contribution in [2.45, 2.75) is 6.92 Å². The van der Waals surface area contributed by atoms with Gasteiger partial charge in [0.1, 0.15) is 0 Å². The normalized spacial score (nSPS) is 10.6. The van der Waals surface area contributed by atoms with E-state index >= 15 is 0 Å². The number of hydrogen-bond donors (Lipinski definition) is 0. The number of oxime groups is 1. The third-order valence-electron chi connectivity index (χ3n) is 3.13. The number of rotatable bonds is 5. The van der Waals surface area contributed by atoms with Gasteiger partial charge in [0, 0.05) is 5.56 Å². The van der Waals surface area contributed by atoms with E-state index in [-0.39, 0.29) is 0 Å². The van der Waals surface area contributed by atoms with Gasteiger partial charge in [0.25, 0.3) is 0 Å². The van der Waals surface area contributed by atoms with Crippen LogP contribution in [0, 0.1) is 6.92 Å². The summed E-state index contributed by atoms with van der Waals surface area (Å²) in [6, 6.07) is 10.4. The third-order valence-corrected chi connectivity index (χ3v) is 3.52. The van der Waals surface area contributed by atoms with Gasteiger partial charge in [-0.2, -0.15) is 0 Å². The molecule has 0 fully saturated rings. The predicted molar refractivity (Wildman–Crippen MR) is 88.7 cm³/mol. The molecule has 5 nitrogen and oxygen atoms in total. The molecule has 0 radical (unpaired) electrons. The van der Waals surface area contributed by atoms with Gasteiger partial charge in [-0.15, -0.1) is 0 Å². The van der Waals surface area contributed by atoms with Crippen molar-refractivity contribution in [3.05, 3.63) is 58.1 Å². The van der Waals surface area contributed by atoms with E-state index in [4.69, 9.17) is 25.9 Å². The first-order chi connectivity index (χ1) is 11.1. The van der Waals surface area contributed by atoms with Gasteiger partial charge in [-0.1, -0.05) is 34.5 Å². The minimum Gasteiger partial charge on any atom is -0.493 e. The first kappa shape index (κ1) is 16.8. The maximum absolute atomic E-state index is 11.8. The first-order valence-electron chi connectivity index (χ1n) is 6.78. The highest BCUT2D eigenvalue weighted by Crippen LogP contribution is 2.36. The van der Waals surface area contributed by atoms with E-state index in [1.807, 2.05) is 19.1 Å². The zero-order valence-electron chi connectivity index (χ0n) is 13.0. The third kappa shape index (κ3) is 4.02. The number of halogens is 1. The largest absolute Gasteiger partial charge is 0.493 e. The zero-order chi connectivity index (χ0) is 16.8. The summed E-state index contributed by atoms with van der Waals surface area (Å²) in [5.41, 5.74) is 2.02. The number of carbonyl (C=O) groups is 1. The summed E-state index contributed by atoms with van der Waals surface area (Å²) >= 11 is 6.21. The molecule has 0 spiro atoms. The number of hydrogen-bond acceptors (Lipinski definition) is 5. The molecule has 0 aliphatic rings. The van der Waals surface area contributed by atoms with Gasteiger partial charge in [-0.05, 0) is 31.2 Å². The highest BCUT2D eigenvalue weighted by atomic mass is 35.5. The number of aryl methyl sites for hydroxylation is 1. The van der Waals surface area contributed by atoms with E-state index in [1.54, 1.807) is 24.3 Å². The van der Waals surface area contributed by atoms with Crippen molar-refractivity contribution >= 4 is 23.8 Å². The summed E-state index contributed by atoms with van der Waals surface area (Å²) in [6.07, 6.45) is 1.34. The highest BCUT2D eigenvalue weighted by molar-refractivity contribution is 6.34. The van der Waals surface area contributed by atoms with E-state index in [0.29, 0.717) is 27.6 Å². The standard InChI is InChI=1S/C17H16ClNO4/c1-11-4-6-12(7-5-11)17(20)23-19-10-13-8-9-14(21-2)16(22-3)15(13)18/h4-10H,1-3H3/b19-10-. The molecular formula is C17H16ClNO4. The Bertz CT molecular complexity index is 726. The lowest BCUT2D eigenvalue weighted by Gasteiger charge is -2.10. The quantitative estimate of drug-likeness (QED) is 0.473. The van der Waals surface area contributed by atoms with E-state index in [0.717, 1.165) is 5.56 Å².